The van der Waals surface area contributed by atoms with Crippen molar-refractivity contribution in [3.05, 3.63) is 35.4 Å². The van der Waals surface area contributed by atoms with Crippen LogP contribution in [0.4, 0.5) is 0 Å². The van der Waals surface area contributed by atoms with Crippen molar-refractivity contribution in [1.29, 1.82) is 5.26 Å². The predicted molar refractivity (Wildman–Crippen MR) is 61.6 cm³/mol. The molecule has 0 amide bonds. The maximum absolute atomic E-state index is 9.06. The van der Waals surface area contributed by atoms with Crippen LogP contribution in [0.2, 0.25) is 0 Å². The number of hydrogen-bond acceptors (Lipinski definition) is 3. The van der Waals surface area contributed by atoms with Gasteiger partial charge in [-0.3, -0.25) is 4.90 Å². The Labute approximate surface area is 95.9 Å². The summed E-state index contributed by atoms with van der Waals surface area (Å²) in [5, 5.41) is 17.9. The molecule has 1 heterocycles. The van der Waals surface area contributed by atoms with Gasteiger partial charge in [-0.15, -0.1) is 0 Å². The van der Waals surface area contributed by atoms with Crippen LogP contribution in [0.25, 0.3) is 0 Å². The summed E-state index contributed by atoms with van der Waals surface area (Å²) < 4.78 is 0. The molecule has 0 radical (unpaired) electrons. The van der Waals surface area contributed by atoms with E-state index in [1.165, 1.54) is 5.56 Å². The highest BCUT2D eigenvalue weighted by molar-refractivity contribution is 5.32. The summed E-state index contributed by atoms with van der Waals surface area (Å²) in [6, 6.07) is 9.89. The lowest BCUT2D eigenvalue weighted by Crippen LogP contribution is -2.20. The molecule has 1 aliphatic heterocycles. The van der Waals surface area contributed by atoms with Crippen LogP contribution in [-0.2, 0) is 6.54 Å². The fourth-order valence-electron chi connectivity index (χ4n) is 2.20. The first kappa shape index (κ1) is 11.1. The van der Waals surface area contributed by atoms with Gasteiger partial charge in [0.2, 0.25) is 0 Å². The van der Waals surface area contributed by atoms with Crippen molar-refractivity contribution in [1.82, 2.24) is 4.90 Å². The van der Waals surface area contributed by atoms with E-state index in [-0.39, 0.29) is 6.61 Å². The second kappa shape index (κ2) is 5.11. The van der Waals surface area contributed by atoms with E-state index < -0.39 is 0 Å². The highest BCUT2D eigenvalue weighted by Gasteiger charge is 2.21. The summed E-state index contributed by atoms with van der Waals surface area (Å²) in [7, 11) is 0. The molecular formula is C13H16N2O. The molecule has 84 valence electrons. The molecule has 1 N–H and O–H groups in total. The van der Waals surface area contributed by atoms with Gasteiger partial charge in [0.15, 0.2) is 0 Å². The molecule has 1 fully saturated rings. The Morgan fingerprint density at radius 1 is 1.50 bits per heavy atom. The SMILES string of the molecule is N#Cc1cccc(CN2CC[C@@H](CO)C2)c1. The second-order valence-corrected chi connectivity index (χ2v) is 4.38. The standard InChI is InChI=1S/C13H16N2O/c14-7-11-2-1-3-12(6-11)8-15-5-4-13(9-15)10-16/h1-3,6,13,16H,4-5,8-10H2/t13-/m1/s1. The summed E-state index contributed by atoms with van der Waals surface area (Å²) in [5.41, 5.74) is 1.90. The molecule has 16 heavy (non-hydrogen) atoms. The minimum atomic E-state index is 0.286. The van der Waals surface area contributed by atoms with Crippen molar-refractivity contribution in [2.75, 3.05) is 19.7 Å². The Kier molecular flexibility index (Phi) is 3.55. The second-order valence-electron chi connectivity index (χ2n) is 4.38. The molecule has 1 saturated heterocycles. The predicted octanol–water partition coefficient (Wildman–Crippen LogP) is 1.37. The molecule has 0 aliphatic carbocycles. The zero-order valence-corrected chi connectivity index (χ0v) is 9.26. The molecule has 0 spiro atoms. The first-order valence-corrected chi connectivity index (χ1v) is 5.64. The quantitative estimate of drug-likeness (QED) is 0.830. The Morgan fingerprint density at radius 3 is 3.06 bits per heavy atom. The maximum Gasteiger partial charge on any atom is 0.0991 e. The van der Waals surface area contributed by atoms with Gasteiger partial charge in [0, 0.05) is 19.7 Å². The van der Waals surface area contributed by atoms with Crippen LogP contribution in [0, 0.1) is 17.2 Å². The summed E-state index contributed by atoms with van der Waals surface area (Å²) in [5.74, 6) is 0.430. The van der Waals surface area contributed by atoms with Crippen LogP contribution in [0.1, 0.15) is 17.5 Å². The zero-order valence-electron chi connectivity index (χ0n) is 9.26. The van der Waals surface area contributed by atoms with Gasteiger partial charge in [-0.2, -0.15) is 5.26 Å². The monoisotopic (exact) mass is 216 g/mol. The molecule has 3 heteroatoms. The fourth-order valence-corrected chi connectivity index (χ4v) is 2.20. The van der Waals surface area contributed by atoms with Crippen molar-refractivity contribution in [2.24, 2.45) is 5.92 Å². The van der Waals surface area contributed by atoms with E-state index in [1.54, 1.807) is 0 Å². The average Bonchev–Trinajstić information content (AvgIpc) is 2.77. The Morgan fingerprint density at radius 2 is 2.38 bits per heavy atom. The van der Waals surface area contributed by atoms with Crippen molar-refractivity contribution >= 4 is 0 Å². The topological polar surface area (TPSA) is 47.3 Å². The van der Waals surface area contributed by atoms with Gasteiger partial charge in [0.1, 0.15) is 0 Å². The number of aliphatic hydroxyl groups excluding tert-OH is 1. The minimum absolute atomic E-state index is 0.286. The first-order chi connectivity index (χ1) is 7.81. The highest BCUT2D eigenvalue weighted by atomic mass is 16.3. The summed E-state index contributed by atoms with van der Waals surface area (Å²) in [4.78, 5) is 2.33. The van der Waals surface area contributed by atoms with Gasteiger partial charge in [0.05, 0.1) is 11.6 Å². The number of rotatable bonds is 3. The van der Waals surface area contributed by atoms with Crippen molar-refractivity contribution in [3.63, 3.8) is 0 Å². The Balaban J connectivity index is 1.97. The highest BCUT2D eigenvalue weighted by Crippen LogP contribution is 2.18. The molecule has 3 nitrogen and oxygen atoms in total. The van der Waals surface area contributed by atoms with Crippen molar-refractivity contribution in [2.45, 2.75) is 13.0 Å². The first-order valence-electron chi connectivity index (χ1n) is 5.64. The maximum atomic E-state index is 9.06. The molecule has 0 aromatic heterocycles. The van der Waals surface area contributed by atoms with E-state index in [9.17, 15) is 0 Å². The van der Waals surface area contributed by atoms with Gasteiger partial charge >= 0.3 is 0 Å². The van der Waals surface area contributed by atoms with Crippen LogP contribution in [0.15, 0.2) is 24.3 Å². The third-order valence-corrected chi connectivity index (χ3v) is 3.09. The van der Waals surface area contributed by atoms with E-state index in [1.807, 2.05) is 24.3 Å². The van der Waals surface area contributed by atoms with Gasteiger partial charge in [-0.1, -0.05) is 12.1 Å². The minimum Gasteiger partial charge on any atom is -0.396 e. The molecule has 1 aromatic rings. The molecule has 2 rings (SSSR count). The third-order valence-electron chi connectivity index (χ3n) is 3.09. The lowest BCUT2D eigenvalue weighted by Gasteiger charge is -2.15. The molecule has 1 aliphatic rings. The molecule has 1 atom stereocenters. The zero-order chi connectivity index (χ0) is 11.4. The van der Waals surface area contributed by atoms with Gasteiger partial charge in [-0.05, 0) is 36.6 Å². The number of nitrogens with zero attached hydrogens (tertiary/aromatic N) is 2. The van der Waals surface area contributed by atoms with Crippen molar-refractivity contribution in [3.8, 4) is 6.07 Å². The third kappa shape index (κ3) is 2.60. The van der Waals surface area contributed by atoms with Crippen LogP contribution in [0.3, 0.4) is 0 Å². The van der Waals surface area contributed by atoms with Crippen molar-refractivity contribution < 1.29 is 5.11 Å². The molecule has 0 saturated carbocycles. The van der Waals surface area contributed by atoms with Crippen LogP contribution in [-0.4, -0.2) is 29.7 Å². The number of hydrogen-bond donors (Lipinski definition) is 1. The summed E-state index contributed by atoms with van der Waals surface area (Å²) >= 11 is 0. The number of aliphatic hydroxyl groups is 1. The largest absolute Gasteiger partial charge is 0.396 e. The van der Waals surface area contributed by atoms with E-state index >= 15 is 0 Å². The molecule has 1 aromatic carbocycles. The summed E-state index contributed by atoms with van der Waals surface area (Å²) in [6.45, 7) is 3.18. The van der Waals surface area contributed by atoms with Gasteiger partial charge in [-0.25, -0.2) is 0 Å². The van der Waals surface area contributed by atoms with Gasteiger partial charge in [0.25, 0.3) is 0 Å². The van der Waals surface area contributed by atoms with Gasteiger partial charge < -0.3 is 5.11 Å². The van der Waals surface area contributed by atoms with E-state index in [0.29, 0.717) is 5.92 Å². The molecular weight excluding hydrogens is 200 g/mol. The van der Waals surface area contributed by atoms with E-state index in [4.69, 9.17) is 10.4 Å². The Bertz CT molecular complexity index is 397. The van der Waals surface area contributed by atoms with Crippen LogP contribution in [0.5, 0.6) is 0 Å². The van der Waals surface area contributed by atoms with E-state index in [2.05, 4.69) is 11.0 Å². The summed E-state index contributed by atoms with van der Waals surface area (Å²) in [6.07, 6.45) is 1.08. The lowest BCUT2D eigenvalue weighted by atomic mass is 10.1. The fraction of sp³-hybridized carbons (Fsp3) is 0.462. The average molecular weight is 216 g/mol. The van der Waals surface area contributed by atoms with Crippen LogP contribution >= 0.6 is 0 Å². The number of nitriles is 1. The lowest BCUT2D eigenvalue weighted by molar-refractivity contribution is 0.220. The van der Waals surface area contributed by atoms with E-state index in [0.717, 1.165) is 31.6 Å². The smallest absolute Gasteiger partial charge is 0.0991 e. The van der Waals surface area contributed by atoms with Crippen LogP contribution < -0.4 is 0 Å². The normalized spacial score (nSPS) is 20.9. The number of likely N-dealkylation sites (tertiary alicyclic amines) is 1. The molecule has 0 bridgehead atoms. The molecule has 0 unspecified atom stereocenters. The Hall–Kier alpha value is -1.37. The number of benzene rings is 1.